The van der Waals surface area contributed by atoms with Gasteiger partial charge in [0.25, 0.3) is 5.91 Å². The van der Waals surface area contributed by atoms with Crippen molar-refractivity contribution in [3.63, 3.8) is 0 Å². The van der Waals surface area contributed by atoms with Crippen molar-refractivity contribution in [2.45, 2.75) is 16.3 Å². The maximum Gasteiger partial charge on any atom is 0.273 e. The van der Waals surface area contributed by atoms with E-state index in [4.69, 9.17) is 40.5 Å². The number of aliphatic imine (C=N–C) groups is 1. The Hall–Kier alpha value is -2.26. The Labute approximate surface area is 192 Å². The average molecular weight is 484 g/mol. The van der Waals surface area contributed by atoms with E-state index in [0.717, 1.165) is 15.4 Å². The van der Waals surface area contributed by atoms with Crippen molar-refractivity contribution >= 4 is 64.6 Å². The Kier molecular flexibility index (Phi) is 7.25. The first-order valence-corrected chi connectivity index (χ1v) is 10.5. The van der Waals surface area contributed by atoms with Gasteiger partial charge in [0.2, 0.25) is 0 Å². The van der Waals surface area contributed by atoms with Crippen LogP contribution in [-0.2, 0) is 6.54 Å². The Morgan fingerprint density at radius 3 is 2.40 bits per heavy atom. The number of hydrogen-bond acceptors (Lipinski definition) is 5. The summed E-state index contributed by atoms with van der Waals surface area (Å²) < 4.78 is 1.47. The smallest absolute Gasteiger partial charge is 0.273 e. The van der Waals surface area contributed by atoms with E-state index in [1.165, 1.54) is 22.8 Å². The van der Waals surface area contributed by atoms with Crippen molar-refractivity contribution in [3.8, 4) is 0 Å². The van der Waals surface area contributed by atoms with Gasteiger partial charge in [-0.2, -0.15) is 0 Å². The lowest BCUT2D eigenvalue weighted by atomic mass is 10.2. The second-order valence-corrected chi connectivity index (χ2v) is 8.77. The van der Waals surface area contributed by atoms with Crippen molar-refractivity contribution in [2.24, 2.45) is 10.7 Å². The summed E-state index contributed by atoms with van der Waals surface area (Å²) in [7, 11) is 3.61. The number of nitrogens with zero attached hydrogens (tertiary/aromatic N) is 5. The Bertz CT molecular complexity index is 1080. The molecule has 0 aliphatic heterocycles. The second kappa shape index (κ2) is 9.70. The fourth-order valence-corrected chi connectivity index (χ4v) is 4.18. The molecule has 3 rings (SSSR count). The van der Waals surface area contributed by atoms with Crippen LogP contribution < -0.4 is 5.73 Å². The molecule has 7 nitrogen and oxygen atoms in total. The third-order valence-corrected chi connectivity index (χ3v) is 6.00. The van der Waals surface area contributed by atoms with Crippen LogP contribution >= 0.6 is 46.6 Å². The monoisotopic (exact) mass is 482 g/mol. The summed E-state index contributed by atoms with van der Waals surface area (Å²) in [6.07, 6.45) is 1.54. The molecule has 0 unspecified atom stereocenters. The molecule has 0 aliphatic carbocycles. The van der Waals surface area contributed by atoms with Gasteiger partial charge < -0.3 is 10.6 Å². The quantitative estimate of drug-likeness (QED) is 0.386. The summed E-state index contributed by atoms with van der Waals surface area (Å²) in [6, 6.07) is 11.0. The zero-order valence-corrected chi connectivity index (χ0v) is 19.1. The lowest BCUT2D eigenvalue weighted by molar-refractivity contribution is 0.0996. The predicted octanol–water partition coefficient (Wildman–Crippen LogP) is 4.76. The lowest BCUT2D eigenvalue weighted by Gasteiger charge is -2.11. The van der Waals surface area contributed by atoms with Crippen molar-refractivity contribution < 1.29 is 4.79 Å². The number of nitrogens with two attached hydrogens (primary N) is 1. The molecule has 0 spiro atoms. The van der Waals surface area contributed by atoms with Gasteiger partial charge in [0.15, 0.2) is 11.5 Å². The van der Waals surface area contributed by atoms with Crippen LogP contribution in [0.2, 0.25) is 15.1 Å². The summed E-state index contributed by atoms with van der Waals surface area (Å²) in [5.41, 5.74) is 6.14. The van der Waals surface area contributed by atoms with Crippen LogP contribution in [0.25, 0.3) is 0 Å². The molecule has 30 heavy (non-hydrogen) atoms. The maximum absolute atomic E-state index is 11.6. The van der Waals surface area contributed by atoms with Gasteiger partial charge in [-0.05, 0) is 42.0 Å². The minimum atomic E-state index is -0.710. The number of carbonyl (C=O) groups is 1. The third kappa shape index (κ3) is 5.46. The van der Waals surface area contributed by atoms with Crippen LogP contribution in [0, 0.1) is 0 Å². The van der Waals surface area contributed by atoms with Gasteiger partial charge in [-0.15, -0.1) is 5.10 Å². The van der Waals surface area contributed by atoms with Crippen molar-refractivity contribution in [2.75, 3.05) is 14.1 Å². The highest BCUT2D eigenvalue weighted by molar-refractivity contribution is 7.99. The zero-order chi connectivity index (χ0) is 21.8. The van der Waals surface area contributed by atoms with Crippen LogP contribution in [0.15, 0.2) is 51.2 Å². The Morgan fingerprint density at radius 1 is 1.20 bits per heavy atom. The highest BCUT2D eigenvalue weighted by Gasteiger charge is 2.18. The summed E-state index contributed by atoms with van der Waals surface area (Å²) >= 11 is 20.4. The van der Waals surface area contributed by atoms with Gasteiger partial charge in [0.1, 0.15) is 0 Å². The number of primary amides is 1. The van der Waals surface area contributed by atoms with Crippen molar-refractivity contribution in [1.82, 2.24) is 19.9 Å². The number of halogens is 3. The molecular formula is C19H17Cl3N6OS. The SMILES string of the molecule is CN(C)C=Nc1c(C(N)=O)nnn1Cc1cc(Cl)c(Sc2ccc(Cl)cc2)c(Cl)c1. The first-order valence-electron chi connectivity index (χ1n) is 8.60. The molecule has 0 bridgehead atoms. The second-order valence-electron chi connectivity index (χ2n) is 6.44. The molecule has 2 aromatic carbocycles. The van der Waals surface area contributed by atoms with E-state index in [-0.39, 0.29) is 18.1 Å². The summed E-state index contributed by atoms with van der Waals surface area (Å²) in [4.78, 5) is 19.3. The van der Waals surface area contributed by atoms with Gasteiger partial charge in [0, 0.05) is 28.9 Å². The van der Waals surface area contributed by atoms with Gasteiger partial charge in [-0.25, -0.2) is 9.67 Å². The molecule has 0 radical (unpaired) electrons. The molecule has 2 N–H and O–H groups in total. The fourth-order valence-electron chi connectivity index (χ4n) is 2.47. The standard InChI is InChI=1S/C19H17Cl3N6OS/c1-27(2)10-24-19-16(18(23)29)25-26-28(19)9-11-7-14(21)17(15(22)8-11)30-13-5-3-12(20)4-6-13/h3-8,10H,9H2,1-2H3,(H2,23,29). The van der Waals surface area contributed by atoms with Crippen LogP contribution in [0.4, 0.5) is 5.82 Å². The van der Waals surface area contributed by atoms with Gasteiger partial charge in [-0.1, -0.05) is 51.8 Å². The Morgan fingerprint density at radius 2 is 1.83 bits per heavy atom. The molecular weight excluding hydrogens is 467 g/mol. The molecule has 1 heterocycles. The highest BCUT2D eigenvalue weighted by Crippen LogP contribution is 2.40. The fraction of sp³-hybridized carbons (Fsp3) is 0.158. The number of carbonyl (C=O) groups excluding carboxylic acids is 1. The first-order chi connectivity index (χ1) is 14.2. The van der Waals surface area contributed by atoms with E-state index < -0.39 is 5.91 Å². The largest absolute Gasteiger partial charge is 0.369 e. The number of rotatable bonds is 7. The van der Waals surface area contributed by atoms with Crippen LogP contribution in [0.1, 0.15) is 16.1 Å². The molecule has 1 aromatic heterocycles. The van der Waals surface area contributed by atoms with Gasteiger partial charge >= 0.3 is 0 Å². The van der Waals surface area contributed by atoms with Gasteiger partial charge in [0.05, 0.1) is 22.9 Å². The van der Waals surface area contributed by atoms with Crippen molar-refractivity contribution in [1.29, 1.82) is 0 Å². The van der Waals surface area contributed by atoms with Crippen molar-refractivity contribution in [3.05, 3.63) is 62.7 Å². The van der Waals surface area contributed by atoms with Gasteiger partial charge in [-0.3, -0.25) is 4.79 Å². The molecule has 11 heteroatoms. The van der Waals surface area contributed by atoms with E-state index in [1.54, 1.807) is 43.3 Å². The Balaban J connectivity index is 1.89. The van der Waals surface area contributed by atoms with E-state index in [2.05, 4.69) is 15.3 Å². The highest BCUT2D eigenvalue weighted by atomic mass is 35.5. The third-order valence-electron chi connectivity index (χ3n) is 3.78. The maximum atomic E-state index is 11.6. The van der Waals surface area contributed by atoms with E-state index in [0.29, 0.717) is 15.1 Å². The first kappa shape index (κ1) is 22.4. The summed E-state index contributed by atoms with van der Waals surface area (Å²) in [6.45, 7) is 0.256. The van der Waals surface area contributed by atoms with Crippen LogP contribution in [0.5, 0.6) is 0 Å². The topological polar surface area (TPSA) is 89.4 Å². The summed E-state index contributed by atoms with van der Waals surface area (Å²) in [5.74, 6) is -0.457. The van der Waals surface area contributed by atoms with E-state index in [9.17, 15) is 4.79 Å². The normalized spacial score (nSPS) is 11.2. The predicted molar refractivity (Wildman–Crippen MR) is 122 cm³/mol. The molecule has 156 valence electrons. The lowest BCUT2D eigenvalue weighted by Crippen LogP contribution is -2.13. The number of aromatic nitrogens is 3. The molecule has 0 fully saturated rings. The number of amides is 1. The molecule has 0 saturated carbocycles. The molecule has 0 atom stereocenters. The molecule has 0 saturated heterocycles. The number of hydrogen-bond donors (Lipinski definition) is 1. The van der Waals surface area contributed by atoms with E-state index in [1.807, 2.05) is 12.1 Å². The molecule has 0 aliphatic rings. The molecule has 1 amide bonds. The van der Waals surface area contributed by atoms with E-state index >= 15 is 0 Å². The minimum absolute atomic E-state index is 0.0137. The number of benzene rings is 2. The minimum Gasteiger partial charge on any atom is -0.369 e. The summed E-state index contributed by atoms with van der Waals surface area (Å²) in [5, 5.41) is 9.48. The zero-order valence-electron chi connectivity index (χ0n) is 16.0. The molecule has 3 aromatic rings. The average Bonchev–Trinajstić information content (AvgIpc) is 3.07. The van der Waals surface area contributed by atoms with Crippen LogP contribution in [0.3, 0.4) is 0 Å². The van der Waals surface area contributed by atoms with Crippen LogP contribution in [-0.4, -0.2) is 46.2 Å².